The second-order valence-electron chi connectivity index (χ2n) is 3.20. The van der Waals surface area contributed by atoms with Gasteiger partial charge in [0.05, 0.1) is 4.47 Å². The number of hydrogen-bond acceptors (Lipinski definition) is 2. The summed E-state index contributed by atoms with van der Waals surface area (Å²) in [5.74, 6) is 0. The molecule has 0 saturated heterocycles. The van der Waals surface area contributed by atoms with Gasteiger partial charge in [0, 0.05) is 24.0 Å². The first-order valence-corrected chi connectivity index (χ1v) is 5.19. The van der Waals surface area contributed by atoms with Crippen LogP contribution in [0.5, 0.6) is 0 Å². The highest BCUT2D eigenvalue weighted by Gasteiger charge is 1.98. The van der Waals surface area contributed by atoms with Gasteiger partial charge in [0.2, 0.25) is 5.43 Å². The standard InChI is InChI=1S/C10H13BrN2O/c1-7(12)3-2-4-8-5-13-6-9(11)10(8)14/h2,4-7H,3,12H2,1H3,(H,13,14)/b4-2+. The molecule has 14 heavy (non-hydrogen) atoms. The van der Waals surface area contributed by atoms with Crippen LogP contribution in [-0.2, 0) is 0 Å². The molecule has 1 unspecified atom stereocenters. The lowest BCUT2D eigenvalue weighted by atomic mass is 10.2. The van der Waals surface area contributed by atoms with Crippen molar-refractivity contribution in [3.63, 3.8) is 0 Å². The zero-order valence-electron chi connectivity index (χ0n) is 7.96. The van der Waals surface area contributed by atoms with Crippen LogP contribution in [0.3, 0.4) is 0 Å². The van der Waals surface area contributed by atoms with Crippen LogP contribution < -0.4 is 11.2 Å². The number of nitrogens with one attached hydrogen (secondary N) is 1. The Kier molecular flexibility index (Phi) is 4.10. The molecule has 1 aromatic rings. The Morgan fingerprint density at radius 2 is 2.36 bits per heavy atom. The first kappa shape index (κ1) is 11.2. The molecule has 0 aliphatic rings. The molecule has 0 aliphatic carbocycles. The second kappa shape index (κ2) is 5.12. The topological polar surface area (TPSA) is 58.9 Å². The molecule has 3 nitrogen and oxygen atoms in total. The molecular formula is C10H13BrN2O. The zero-order chi connectivity index (χ0) is 10.6. The Balaban J connectivity index is 2.82. The van der Waals surface area contributed by atoms with E-state index in [1.165, 1.54) is 0 Å². The summed E-state index contributed by atoms with van der Waals surface area (Å²) in [5.41, 5.74) is 6.21. The lowest BCUT2D eigenvalue weighted by Gasteiger charge is -1.97. The lowest BCUT2D eigenvalue weighted by molar-refractivity contribution is 0.759. The first-order valence-electron chi connectivity index (χ1n) is 4.40. The van der Waals surface area contributed by atoms with Crippen molar-refractivity contribution in [3.05, 3.63) is 38.7 Å². The Hall–Kier alpha value is -0.870. The summed E-state index contributed by atoms with van der Waals surface area (Å²) in [7, 11) is 0. The Labute approximate surface area is 91.2 Å². The number of halogens is 1. The van der Waals surface area contributed by atoms with Gasteiger partial charge >= 0.3 is 0 Å². The molecule has 0 aliphatic heterocycles. The van der Waals surface area contributed by atoms with Crippen molar-refractivity contribution < 1.29 is 0 Å². The maximum absolute atomic E-state index is 11.5. The van der Waals surface area contributed by atoms with Crippen LogP contribution in [0.2, 0.25) is 0 Å². The molecule has 0 amide bonds. The predicted molar refractivity (Wildman–Crippen MR) is 62.1 cm³/mol. The molecule has 3 N–H and O–H groups in total. The predicted octanol–water partition coefficient (Wildman–Crippen LogP) is 1.89. The van der Waals surface area contributed by atoms with Crippen molar-refractivity contribution in [3.8, 4) is 0 Å². The lowest BCUT2D eigenvalue weighted by Crippen LogP contribution is -2.13. The van der Waals surface area contributed by atoms with Crippen LogP contribution in [-0.4, -0.2) is 11.0 Å². The highest BCUT2D eigenvalue weighted by molar-refractivity contribution is 9.10. The summed E-state index contributed by atoms with van der Waals surface area (Å²) in [4.78, 5) is 14.4. The van der Waals surface area contributed by atoms with Gasteiger partial charge in [-0.3, -0.25) is 4.79 Å². The summed E-state index contributed by atoms with van der Waals surface area (Å²) in [6.45, 7) is 1.93. The minimum atomic E-state index is -0.00956. The molecule has 1 rings (SSSR count). The van der Waals surface area contributed by atoms with E-state index in [-0.39, 0.29) is 11.5 Å². The molecule has 0 bridgehead atoms. The molecule has 1 heterocycles. The van der Waals surface area contributed by atoms with E-state index in [2.05, 4.69) is 20.9 Å². The van der Waals surface area contributed by atoms with Crippen LogP contribution in [0.25, 0.3) is 6.08 Å². The van der Waals surface area contributed by atoms with Crippen molar-refractivity contribution in [2.45, 2.75) is 19.4 Å². The molecule has 1 atom stereocenters. The summed E-state index contributed by atoms with van der Waals surface area (Å²) in [5, 5.41) is 0. The maximum Gasteiger partial charge on any atom is 0.202 e. The molecule has 1 aromatic heterocycles. The number of H-pyrrole nitrogens is 1. The Morgan fingerprint density at radius 3 is 3.00 bits per heavy atom. The number of nitrogens with two attached hydrogens (primary N) is 1. The first-order chi connectivity index (χ1) is 6.61. The van der Waals surface area contributed by atoms with E-state index in [1.807, 2.05) is 13.0 Å². The van der Waals surface area contributed by atoms with Crippen LogP contribution in [0.4, 0.5) is 0 Å². The number of aromatic nitrogens is 1. The average molecular weight is 257 g/mol. The minimum Gasteiger partial charge on any atom is -0.366 e. The zero-order valence-corrected chi connectivity index (χ0v) is 9.54. The van der Waals surface area contributed by atoms with Gasteiger partial charge in [0.1, 0.15) is 0 Å². The molecule has 0 saturated carbocycles. The molecule has 4 heteroatoms. The number of aromatic amines is 1. The van der Waals surface area contributed by atoms with Gasteiger partial charge < -0.3 is 10.7 Å². The fourth-order valence-electron chi connectivity index (χ4n) is 1.01. The highest BCUT2D eigenvalue weighted by Crippen LogP contribution is 2.03. The van der Waals surface area contributed by atoms with E-state index in [4.69, 9.17) is 5.73 Å². The normalized spacial score (nSPS) is 13.4. The van der Waals surface area contributed by atoms with Gasteiger partial charge in [-0.1, -0.05) is 12.2 Å². The van der Waals surface area contributed by atoms with E-state index in [0.717, 1.165) is 6.42 Å². The van der Waals surface area contributed by atoms with Crippen molar-refractivity contribution in [1.29, 1.82) is 0 Å². The summed E-state index contributed by atoms with van der Waals surface area (Å²) < 4.78 is 0.542. The monoisotopic (exact) mass is 256 g/mol. The largest absolute Gasteiger partial charge is 0.366 e. The van der Waals surface area contributed by atoms with E-state index >= 15 is 0 Å². The summed E-state index contributed by atoms with van der Waals surface area (Å²) in [6, 6.07) is 0.123. The number of hydrogen-bond donors (Lipinski definition) is 2. The van der Waals surface area contributed by atoms with Crippen LogP contribution in [0.15, 0.2) is 27.7 Å². The summed E-state index contributed by atoms with van der Waals surface area (Å²) in [6.07, 6.45) is 7.75. The van der Waals surface area contributed by atoms with Crippen molar-refractivity contribution in [2.24, 2.45) is 5.73 Å². The van der Waals surface area contributed by atoms with Crippen LogP contribution in [0.1, 0.15) is 18.9 Å². The molecule has 0 radical (unpaired) electrons. The number of rotatable bonds is 3. The van der Waals surface area contributed by atoms with Gasteiger partial charge in [-0.15, -0.1) is 0 Å². The van der Waals surface area contributed by atoms with Crippen molar-refractivity contribution >= 4 is 22.0 Å². The minimum absolute atomic E-state index is 0.00956. The molecule has 0 spiro atoms. The van der Waals surface area contributed by atoms with Gasteiger partial charge in [0.25, 0.3) is 0 Å². The van der Waals surface area contributed by atoms with E-state index < -0.39 is 0 Å². The third kappa shape index (κ3) is 3.12. The van der Waals surface area contributed by atoms with E-state index in [9.17, 15) is 4.79 Å². The fraction of sp³-hybridized carbons (Fsp3) is 0.300. The Bertz CT molecular complexity index is 382. The molecule has 76 valence electrons. The SMILES string of the molecule is CC(N)C/C=C/c1c[nH]cc(Br)c1=O. The quantitative estimate of drug-likeness (QED) is 0.868. The van der Waals surface area contributed by atoms with Gasteiger partial charge in [-0.25, -0.2) is 0 Å². The Morgan fingerprint density at radius 1 is 1.64 bits per heavy atom. The average Bonchev–Trinajstić information content (AvgIpc) is 2.12. The molecule has 0 aromatic carbocycles. The molecule has 0 fully saturated rings. The van der Waals surface area contributed by atoms with Crippen molar-refractivity contribution in [2.75, 3.05) is 0 Å². The van der Waals surface area contributed by atoms with E-state index in [1.54, 1.807) is 18.5 Å². The highest BCUT2D eigenvalue weighted by atomic mass is 79.9. The van der Waals surface area contributed by atoms with Crippen LogP contribution >= 0.6 is 15.9 Å². The summed E-state index contributed by atoms with van der Waals surface area (Å²) >= 11 is 3.16. The third-order valence-electron chi connectivity index (χ3n) is 1.73. The number of pyridine rings is 1. The van der Waals surface area contributed by atoms with E-state index in [0.29, 0.717) is 10.0 Å². The van der Waals surface area contributed by atoms with Crippen molar-refractivity contribution in [1.82, 2.24) is 4.98 Å². The second-order valence-corrected chi connectivity index (χ2v) is 4.06. The third-order valence-corrected chi connectivity index (χ3v) is 2.32. The van der Waals surface area contributed by atoms with Crippen LogP contribution in [0, 0.1) is 0 Å². The van der Waals surface area contributed by atoms with Gasteiger partial charge in [-0.2, -0.15) is 0 Å². The van der Waals surface area contributed by atoms with Gasteiger partial charge in [0.15, 0.2) is 0 Å². The smallest absolute Gasteiger partial charge is 0.202 e. The fourth-order valence-corrected chi connectivity index (χ4v) is 1.37. The van der Waals surface area contributed by atoms with Gasteiger partial charge in [-0.05, 0) is 29.3 Å². The molecular weight excluding hydrogens is 244 g/mol. The maximum atomic E-state index is 11.5.